The summed E-state index contributed by atoms with van der Waals surface area (Å²) in [6.07, 6.45) is 0. The first-order chi connectivity index (χ1) is 9.47. The number of anilines is 1. The third-order valence-corrected chi connectivity index (χ3v) is 3.61. The molecule has 20 heavy (non-hydrogen) atoms. The van der Waals surface area contributed by atoms with Crippen molar-refractivity contribution in [3.63, 3.8) is 0 Å². The van der Waals surface area contributed by atoms with Crippen LogP contribution in [0.2, 0.25) is 10.0 Å². The Bertz CT molecular complexity index is 646. The Labute approximate surface area is 126 Å². The molecule has 0 amide bonds. The molecule has 0 N–H and O–H groups in total. The number of carbonyl (C=O) groups excluding carboxylic acids is 1. The van der Waals surface area contributed by atoms with E-state index in [1.165, 1.54) is 18.2 Å². The van der Waals surface area contributed by atoms with Gasteiger partial charge in [0.05, 0.1) is 16.6 Å². The molecule has 0 heterocycles. The maximum Gasteiger partial charge on any atom is 0.182 e. The maximum absolute atomic E-state index is 13.1. The first-order valence-corrected chi connectivity index (χ1v) is 6.68. The highest BCUT2D eigenvalue weighted by atomic mass is 35.5. The number of carbonyl (C=O) groups is 1. The lowest BCUT2D eigenvalue weighted by atomic mass is 10.1. The Hall–Kier alpha value is -1.58. The van der Waals surface area contributed by atoms with E-state index in [9.17, 15) is 9.18 Å². The molecule has 0 aliphatic rings. The molecule has 0 saturated carbocycles. The van der Waals surface area contributed by atoms with Gasteiger partial charge in [-0.25, -0.2) is 4.39 Å². The van der Waals surface area contributed by atoms with Gasteiger partial charge in [-0.1, -0.05) is 29.3 Å². The molecule has 0 bridgehead atoms. The molecule has 0 unspecified atom stereocenters. The van der Waals surface area contributed by atoms with Crippen LogP contribution in [0, 0.1) is 5.82 Å². The molecule has 0 aliphatic carbocycles. The van der Waals surface area contributed by atoms with Crippen LogP contribution in [-0.4, -0.2) is 19.4 Å². The lowest BCUT2D eigenvalue weighted by Crippen LogP contribution is -2.25. The Morgan fingerprint density at radius 1 is 1.15 bits per heavy atom. The van der Waals surface area contributed by atoms with Crippen molar-refractivity contribution < 1.29 is 9.18 Å². The number of nitrogens with zero attached hydrogens (tertiary/aromatic N) is 1. The summed E-state index contributed by atoms with van der Waals surface area (Å²) < 4.78 is 13.1. The molecular formula is C15H12Cl2FNO. The lowest BCUT2D eigenvalue weighted by Gasteiger charge is -2.18. The average molecular weight is 312 g/mol. The minimum absolute atomic E-state index is 0.115. The van der Waals surface area contributed by atoms with Crippen LogP contribution in [0.5, 0.6) is 0 Å². The minimum Gasteiger partial charge on any atom is -0.367 e. The van der Waals surface area contributed by atoms with E-state index in [0.717, 1.165) is 0 Å². The summed E-state index contributed by atoms with van der Waals surface area (Å²) in [6.45, 7) is 0.126. The van der Waals surface area contributed by atoms with E-state index >= 15 is 0 Å². The van der Waals surface area contributed by atoms with Crippen LogP contribution in [0.15, 0.2) is 42.5 Å². The van der Waals surface area contributed by atoms with E-state index in [4.69, 9.17) is 23.2 Å². The van der Waals surface area contributed by atoms with Crippen LogP contribution in [0.3, 0.4) is 0 Å². The summed E-state index contributed by atoms with van der Waals surface area (Å²) in [5.41, 5.74) is 1.11. The molecule has 2 nitrogen and oxygen atoms in total. The first kappa shape index (κ1) is 14.8. The molecule has 0 saturated heterocycles. The van der Waals surface area contributed by atoms with E-state index < -0.39 is 0 Å². The monoisotopic (exact) mass is 311 g/mol. The van der Waals surface area contributed by atoms with Crippen molar-refractivity contribution >= 4 is 34.7 Å². The van der Waals surface area contributed by atoms with Crippen LogP contribution >= 0.6 is 23.2 Å². The molecule has 2 aromatic carbocycles. The standard InChI is InChI=1S/C15H12Cl2FNO/c1-19(12-4-2-3-11(18)8-12)9-15(20)10-5-6-13(16)14(17)7-10/h2-8H,9H2,1H3. The van der Waals surface area contributed by atoms with Gasteiger partial charge in [-0.2, -0.15) is 0 Å². The van der Waals surface area contributed by atoms with Crippen molar-refractivity contribution in [3.05, 3.63) is 63.9 Å². The van der Waals surface area contributed by atoms with Gasteiger partial charge in [0.2, 0.25) is 0 Å². The third-order valence-electron chi connectivity index (χ3n) is 2.87. The van der Waals surface area contributed by atoms with Crippen molar-refractivity contribution in [2.24, 2.45) is 0 Å². The van der Waals surface area contributed by atoms with Crippen LogP contribution in [-0.2, 0) is 0 Å². The summed E-state index contributed by atoms with van der Waals surface area (Å²) in [5.74, 6) is -0.452. The smallest absolute Gasteiger partial charge is 0.182 e. The lowest BCUT2D eigenvalue weighted by molar-refractivity contribution is 0.100. The van der Waals surface area contributed by atoms with Gasteiger partial charge in [0.25, 0.3) is 0 Å². The highest BCUT2D eigenvalue weighted by Gasteiger charge is 2.12. The van der Waals surface area contributed by atoms with Crippen LogP contribution in [0.1, 0.15) is 10.4 Å². The van der Waals surface area contributed by atoms with E-state index in [1.807, 2.05) is 0 Å². The second-order valence-electron chi connectivity index (χ2n) is 4.39. The molecule has 104 valence electrons. The maximum atomic E-state index is 13.1. The zero-order chi connectivity index (χ0) is 14.7. The van der Waals surface area contributed by atoms with E-state index in [1.54, 1.807) is 36.2 Å². The van der Waals surface area contributed by atoms with Crippen molar-refractivity contribution in [3.8, 4) is 0 Å². The zero-order valence-corrected chi connectivity index (χ0v) is 12.2. The largest absolute Gasteiger partial charge is 0.367 e. The van der Waals surface area contributed by atoms with Gasteiger partial charge in [0, 0.05) is 18.3 Å². The molecular weight excluding hydrogens is 300 g/mol. The normalized spacial score (nSPS) is 10.4. The van der Waals surface area contributed by atoms with Gasteiger partial charge in [-0.3, -0.25) is 4.79 Å². The quantitative estimate of drug-likeness (QED) is 0.777. The first-order valence-electron chi connectivity index (χ1n) is 5.92. The summed E-state index contributed by atoms with van der Waals surface area (Å²) >= 11 is 11.7. The number of hydrogen-bond donors (Lipinski definition) is 0. The Kier molecular flexibility index (Phi) is 4.63. The van der Waals surface area contributed by atoms with Gasteiger partial charge >= 0.3 is 0 Å². The molecule has 2 aromatic rings. The Morgan fingerprint density at radius 2 is 1.90 bits per heavy atom. The summed E-state index contributed by atoms with van der Waals surface area (Å²) in [7, 11) is 1.73. The highest BCUT2D eigenvalue weighted by Crippen LogP contribution is 2.23. The number of rotatable bonds is 4. The SMILES string of the molecule is CN(CC(=O)c1ccc(Cl)c(Cl)c1)c1cccc(F)c1. The topological polar surface area (TPSA) is 20.3 Å². The van der Waals surface area contributed by atoms with Gasteiger partial charge in [0.1, 0.15) is 5.82 Å². The van der Waals surface area contributed by atoms with Crippen LogP contribution in [0.4, 0.5) is 10.1 Å². The third kappa shape index (κ3) is 3.50. The van der Waals surface area contributed by atoms with Gasteiger partial charge in [-0.15, -0.1) is 0 Å². The van der Waals surface area contributed by atoms with Crippen molar-refractivity contribution in [2.45, 2.75) is 0 Å². The van der Waals surface area contributed by atoms with Gasteiger partial charge in [0.15, 0.2) is 5.78 Å². The van der Waals surface area contributed by atoms with Crippen molar-refractivity contribution in [2.75, 3.05) is 18.5 Å². The van der Waals surface area contributed by atoms with Gasteiger partial charge in [-0.05, 0) is 36.4 Å². The molecule has 2 rings (SSSR count). The van der Waals surface area contributed by atoms with E-state index in [0.29, 0.717) is 21.3 Å². The molecule has 0 fully saturated rings. The van der Waals surface area contributed by atoms with Crippen LogP contribution in [0.25, 0.3) is 0 Å². The van der Waals surface area contributed by atoms with E-state index in [2.05, 4.69) is 0 Å². The van der Waals surface area contributed by atoms with Gasteiger partial charge < -0.3 is 4.90 Å². The fourth-order valence-electron chi connectivity index (χ4n) is 1.78. The number of halogens is 3. The summed E-state index contributed by atoms with van der Waals surface area (Å²) in [6, 6.07) is 10.8. The van der Waals surface area contributed by atoms with Crippen LogP contribution < -0.4 is 4.90 Å². The second-order valence-corrected chi connectivity index (χ2v) is 5.20. The van der Waals surface area contributed by atoms with E-state index in [-0.39, 0.29) is 18.1 Å². The number of hydrogen-bond acceptors (Lipinski definition) is 2. The number of ketones is 1. The molecule has 5 heteroatoms. The predicted molar refractivity (Wildman–Crippen MR) is 80.5 cm³/mol. The molecule has 0 atom stereocenters. The number of benzene rings is 2. The predicted octanol–water partition coefficient (Wildman–Crippen LogP) is 4.45. The second kappa shape index (κ2) is 6.25. The fraction of sp³-hybridized carbons (Fsp3) is 0.133. The zero-order valence-electron chi connectivity index (χ0n) is 10.7. The molecule has 0 radical (unpaired) electrons. The van der Waals surface area contributed by atoms with Crippen molar-refractivity contribution in [1.29, 1.82) is 0 Å². The Morgan fingerprint density at radius 3 is 2.55 bits per heavy atom. The fourth-order valence-corrected chi connectivity index (χ4v) is 2.08. The average Bonchev–Trinajstić information content (AvgIpc) is 2.41. The Balaban J connectivity index is 2.13. The minimum atomic E-state index is -0.337. The summed E-state index contributed by atoms with van der Waals surface area (Å²) in [5, 5.41) is 0.743. The molecule has 0 aromatic heterocycles. The number of Topliss-reactive ketones (excluding diaryl/α,β-unsaturated/α-hetero) is 1. The molecule has 0 spiro atoms. The highest BCUT2D eigenvalue weighted by molar-refractivity contribution is 6.42. The summed E-state index contributed by atoms with van der Waals surface area (Å²) in [4.78, 5) is 13.8. The number of likely N-dealkylation sites (N-methyl/N-ethyl adjacent to an activating group) is 1. The molecule has 0 aliphatic heterocycles. The van der Waals surface area contributed by atoms with Crippen molar-refractivity contribution in [1.82, 2.24) is 0 Å².